The minimum absolute atomic E-state index is 0.0568. The molecule has 2 aromatic carbocycles. The Morgan fingerprint density at radius 1 is 1.22 bits per heavy atom. The number of carbonyl (C=O) groups is 1. The Balaban J connectivity index is 2.18. The molecule has 2 N–H and O–H groups in total. The molecule has 0 aliphatic carbocycles. The zero-order valence-corrected chi connectivity index (χ0v) is 10.5. The monoisotopic (exact) mass is 261 g/mol. The molecule has 0 fully saturated rings. The standard InChI is InChI=1S/C14H12ClNO2/c1-9-3-2-4-10(7-9)14(18)16-11-5-6-12(15)13(17)8-11/h2-8,17H,1H3,(H,16,18). The summed E-state index contributed by atoms with van der Waals surface area (Å²) in [7, 11) is 0. The molecule has 0 bridgehead atoms. The highest BCUT2D eigenvalue weighted by atomic mass is 35.5. The van der Waals surface area contributed by atoms with Gasteiger partial charge in [-0.3, -0.25) is 4.79 Å². The van der Waals surface area contributed by atoms with Crippen molar-refractivity contribution >= 4 is 23.2 Å². The third-order valence-electron chi connectivity index (χ3n) is 2.48. The molecule has 2 aromatic rings. The van der Waals surface area contributed by atoms with Crippen LogP contribution in [0, 0.1) is 6.92 Å². The quantitative estimate of drug-likeness (QED) is 0.868. The van der Waals surface area contributed by atoms with Gasteiger partial charge in [0.25, 0.3) is 5.91 Å². The Kier molecular flexibility index (Phi) is 3.53. The largest absolute Gasteiger partial charge is 0.506 e. The molecule has 0 aliphatic rings. The molecule has 0 heterocycles. The maximum absolute atomic E-state index is 11.9. The van der Waals surface area contributed by atoms with Crippen molar-refractivity contribution in [3.8, 4) is 5.75 Å². The van der Waals surface area contributed by atoms with Gasteiger partial charge in [0.05, 0.1) is 5.02 Å². The molecule has 2 rings (SSSR count). The van der Waals surface area contributed by atoms with Gasteiger partial charge in [-0.1, -0.05) is 29.3 Å². The molecule has 0 unspecified atom stereocenters. The van der Waals surface area contributed by atoms with Crippen LogP contribution in [-0.2, 0) is 0 Å². The average Bonchev–Trinajstić information content (AvgIpc) is 2.34. The maximum Gasteiger partial charge on any atom is 0.255 e. The van der Waals surface area contributed by atoms with Gasteiger partial charge in [-0.2, -0.15) is 0 Å². The number of phenols is 1. The molecule has 18 heavy (non-hydrogen) atoms. The molecule has 0 aromatic heterocycles. The van der Waals surface area contributed by atoms with Crippen LogP contribution in [-0.4, -0.2) is 11.0 Å². The number of benzene rings is 2. The van der Waals surface area contributed by atoms with Crippen molar-refractivity contribution in [1.82, 2.24) is 0 Å². The third-order valence-corrected chi connectivity index (χ3v) is 2.80. The van der Waals surface area contributed by atoms with Crippen LogP contribution in [0.4, 0.5) is 5.69 Å². The summed E-state index contributed by atoms with van der Waals surface area (Å²) in [5, 5.41) is 12.4. The Morgan fingerprint density at radius 2 is 2.00 bits per heavy atom. The number of hydrogen-bond donors (Lipinski definition) is 2. The minimum atomic E-state index is -0.222. The van der Waals surface area contributed by atoms with Crippen LogP contribution >= 0.6 is 11.6 Å². The zero-order chi connectivity index (χ0) is 13.1. The van der Waals surface area contributed by atoms with Crippen molar-refractivity contribution in [3.63, 3.8) is 0 Å². The van der Waals surface area contributed by atoms with E-state index in [1.54, 1.807) is 18.2 Å². The summed E-state index contributed by atoms with van der Waals surface area (Å²) in [6, 6.07) is 11.9. The molecule has 0 spiro atoms. The number of rotatable bonds is 2. The maximum atomic E-state index is 11.9. The number of carbonyl (C=O) groups excluding carboxylic acids is 1. The molecule has 0 saturated carbocycles. The van der Waals surface area contributed by atoms with E-state index in [0.717, 1.165) is 5.56 Å². The van der Waals surface area contributed by atoms with Gasteiger partial charge in [-0.05, 0) is 31.2 Å². The lowest BCUT2D eigenvalue weighted by molar-refractivity contribution is 0.102. The number of aryl methyl sites for hydroxylation is 1. The number of nitrogens with one attached hydrogen (secondary N) is 1. The molecule has 4 heteroatoms. The number of phenolic OH excluding ortho intramolecular Hbond substituents is 1. The lowest BCUT2D eigenvalue weighted by Gasteiger charge is -2.07. The molecule has 1 amide bonds. The second-order valence-corrected chi connectivity index (χ2v) is 4.40. The lowest BCUT2D eigenvalue weighted by Crippen LogP contribution is -2.11. The fraction of sp³-hybridized carbons (Fsp3) is 0.0714. The summed E-state index contributed by atoms with van der Waals surface area (Å²) in [6.07, 6.45) is 0. The smallest absolute Gasteiger partial charge is 0.255 e. The van der Waals surface area contributed by atoms with E-state index in [1.807, 2.05) is 19.1 Å². The molecule has 92 valence electrons. The first-order chi connectivity index (χ1) is 8.56. The van der Waals surface area contributed by atoms with Crippen LogP contribution in [0.1, 0.15) is 15.9 Å². The number of aromatic hydroxyl groups is 1. The normalized spacial score (nSPS) is 10.1. The van der Waals surface area contributed by atoms with Crippen molar-refractivity contribution in [1.29, 1.82) is 0 Å². The highest BCUT2D eigenvalue weighted by molar-refractivity contribution is 6.32. The summed E-state index contributed by atoms with van der Waals surface area (Å²) in [5.74, 6) is -0.279. The SMILES string of the molecule is Cc1cccc(C(=O)Nc2ccc(Cl)c(O)c2)c1. The summed E-state index contributed by atoms with van der Waals surface area (Å²) in [5.41, 5.74) is 2.09. The van der Waals surface area contributed by atoms with Gasteiger partial charge in [-0.15, -0.1) is 0 Å². The number of anilines is 1. The Labute approximate surface area is 110 Å². The van der Waals surface area contributed by atoms with Crippen molar-refractivity contribution in [3.05, 3.63) is 58.6 Å². The van der Waals surface area contributed by atoms with E-state index in [9.17, 15) is 9.90 Å². The highest BCUT2D eigenvalue weighted by Gasteiger charge is 2.07. The van der Waals surface area contributed by atoms with Crippen LogP contribution < -0.4 is 5.32 Å². The Morgan fingerprint density at radius 3 is 2.67 bits per heavy atom. The molecule has 0 radical (unpaired) electrons. The first-order valence-corrected chi connectivity index (χ1v) is 5.80. The van der Waals surface area contributed by atoms with Gasteiger partial charge >= 0.3 is 0 Å². The third kappa shape index (κ3) is 2.81. The highest BCUT2D eigenvalue weighted by Crippen LogP contribution is 2.26. The van der Waals surface area contributed by atoms with Crippen LogP contribution in [0.5, 0.6) is 5.75 Å². The van der Waals surface area contributed by atoms with Gasteiger partial charge < -0.3 is 10.4 Å². The van der Waals surface area contributed by atoms with Crippen molar-refractivity contribution < 1.29 is 9.90 Å². The predicted octanol–water partition coefficient (Wildman–Crippen LogP) is 3.61. The average molecular weight is 262 g/mol. The number of halogens is 1. The van der Waals surface area contributed by atoms with Crippen LogP contribution in [0.2, 0.25) is 5.02 Å². The van der Waals surface area contributed by atoms with Crippen molar-refractivity contribution in [2.24, 2.45) is 0 Å². The van der Waals surface area contributed by atoms with Crippen LogP contribution in [0.15, 0.2) is 42.5 Å². The van der Waals surface area contributed by atoms with E-state index in [-0.39, 0.29) is 16.7 Å². The fourth-order valence-corrected chi connectivity index (χ4v) is 1.70. The summed E-state index contributed by atoms with van der Waals surface area (Å²) >= 11 is 5.69. The molecular formula is C14H12ClNO2. The van der Waals surface area contributed by atoms with Crippen molar-refractivity contribution in [2.45, 2.75) is 6.92 Å². The Hall–Kier alpha value is -2.00. The van der Waals surface area contributed by atoms with Crippen molar-refractivity contribution in [2.75, 3.05) is 5.32 Å². The van der Waals surface area contributed by atoms with E-state index in [1.165, 1.54) is 12.1 Å². The zero-order valence-electron chi connectivity index (χ0n) is 9.77. The first-order valence-electron chi connectivity index (χ1n) is 5.43. The van der Waals surface area contributed by atoms with Gasteiger partial charge in [0.2, 0.25) is 0 Å². The number of hydrogen-bond acceptors (Lipinski definition) is 2. The molecule has 3 nitrogen and oxygen atoms in total. The van der Waals surface area contributed by atoms with Crippen LogP contribution in [0.25, 0.3) is 0 Å². The van der Waals surface area contributed by atoms with Gasteiger partial charge in [0.1, 0.15) is 5.75 Å². The van der Waals surface area contributed by atoms with Crippen LogP contribution in [0.3, 0.4) is 0 Å². The van der Waals surface area contributed by atoms with Gasteiger partial charge in [0.15, 0.2) is 0 Å². The Bertz CT molecular complexity index is 596. The molecular weight excluding hydrogens is 250 g/mol. The van der Waals surface area contributed by atoms with Gasteiger partial charge in [0, 0.05) is 17.3 Å². The van der Waals surface area contributed by atoms with E-state index in [2.05, 4.69) is 5.32 Å². The first kappa shape index (κ1) is 12.5. The van der Waals surface area contributed by atoms with E-state index < -0.39 is 0 Å². The second-order valence-electron chi connectivity index (χ2n) is 3.99. The predicted molar refractivity (Wildman–Crippen MR) is 72.2 cm³/mol. The van der Waals surface area contributed by atoms with E-state index >= 15 is 0 Å². The van der Waals surface area contributed by atoms with Gasteiger partial charge in [-0.25, -0.2) is 0 Å². The fourth-order valence-electron chi connectivity index (χ4n) is 1.58. The van der Waals surface area contributed by atoms with E-state index in [4.69, 9.17) is 11.6 Å². The molecule has 0 saturated heterocycles. The summed E-state index contributed by atoms with van der Waals surface area (Å²) in [4.78, 5) is 11.9. The topological polar surface area (TPSA) is 49.3 Å². The number of amides is 1. The summed E-state index contributed by atoms with van der Waals surface area (Å²) in [6.45, 7) is 1.92. The lowest BCUT2D eigenvalue weighted by atomic mass is 10.1. The molecule has 0 atom stereocenters. The summed E-state index contributed by atoms with van der Waals surface area (Å²) < 4.78 is 0. The molecule has 0 aliphatic heterocycles. The second kappa shape index (κ2) is 5.10. The minimum Gasteiger partial charge on any atom is -0.506 e. The van der Waals surface area contributed by atoms with E-state index in [0.29, 0.717) is 11.3 Å².